The third kappa shape index (κ3) is 5.92. The van der Waals surface area contributed by atoms with E-state index in [0.29, 0.717) is 17.7 Å². The Kier molecular flexibility index (Phi) is 7.38. The van der Waals surface area contributed by atoms with Gasteiger partial charge in [0.25, 0.3) is 5.91 Å². The highest BCUT2D eigenvalue weighted by atomic mass is 16.6. The highest BCUT2D eigenvalue weighted by Crippen LogP contribution is 2.24. The standard InChI is InChI=1S/C25H25NO5/c1-3-23(27)19-11-13-20(14-12-19)30-16-25(29)31-15-24(28)26-17(2)21-10-6-8-18-7-4-5-9-22(18)21/h4-14,17H,3,15-16H2,1-2H3,(H,26,28). The summed E-state index contributed by atoms with van der Waals surface area (Å²) in [5.74, 6) is -0.564. The summed E-state index contributed by atoms with van der Waals surface area (Å²) in [4.78, 5) is 35.7. The highest BCUT2D eigenvalue weighted by Gasteiger charge is 2.14. The molecule has 0 aliphatic rings. The van der Waals surface area contributed by atoms with Crippen LogP contribution < -0.4 is 10.1 Å². The van der Waals surface area contributed by atoms with Crippen LogP contribution in [0.25, 0.3) is 10.8 Å². The maximum absolute atomic E-state index is 12.2. The largest absolute Gasteiger partial charge is 0.482 e. The number of benzene rings is 3. The summed E-state index contributed by atoms with van der Waals surface area (Å²) >= 11 is 0. The molecule has 1 amide bonds. The molecular weight excluding hydrogens is 394 g/mol. The predicted octanol–water partition coefficient (Wildman–Crippen LogP) is 4.23. The van der Waals surface area contributed by atoms with Crippen molar-refractivity contribution in [3.63, 3.8) is 0 Å². The Bertz CT molecular complexity index is 1070. The van der Waals surface area contributed by atoms with Gasteiger partial charge in [-0.05, 0) is 47.5 Å². The SMILES string of the molecule is CCC(=O)c1ccc(OCC(=O)OCC(=O)NC(C)c2cccc3ccccc23)cc1. The molecule has 3 aromatic rings. The molecule has 0 fully saturated rings. The average Bonchev–Trinajstić information content (AvgIpc) is 2.80. The first-order chi connectivity index (χ1) is 15.0. The van der Waals surface area contributed by atoms with Gasteiger partial charge < -0.3 is 14.8 Å². The Balaban J connectivity index is 1.45. The van der Waals surface area contributed by atoms with Crippen LogP contribution in [-0.2, 0) is 14.3 Å². The Labute approximate surface area is 181 Å². The number of amides is 1. The highest BCUT2D eigenvalue weighted by molar-refractivity contribution is 5.95. The zero-order chi connectivity index (χ0) is 22.2. The summed E-state index contributed by atoms with van der Waals surface area (Å²) in [6, 6.07) is 20.2. The summed E-state index contributed by atoms with van der Waals surface area (Å²) in [5, 5.41) is 5.01. The molecule has 3 aromatic carbocycles. The number of hydrogen-bond donors (Lipinski definition) is 1. The number of nitrogens with one attached hydrogen (secondary N) is 1. The smallest absolute Gasteiger partial charge is 0.344 e. The van der Waals surface area contributed by atoms with Crippen molar-refractivity contribution in [2.24, 2.45) is 0 Å². The maximum Gasteiger partial charge on any atom is 0.344 e. The molecule has 6 nitrogen and oxygen atoms in total. The minimum atomic E-state index is -0.651. The first kappa shape index (κ1) is 22.0. The van der Waals surface area contributed by atoms with Crippen molar-refractivity contribution in [2.45, 2.75) is 26.3 Å². The topological polar surface area (TPSA) is 81.7 Å². The van der Waals surface area contributed by atoms with Crippen LogP contribution in [0, 0.1) is 0 Å². The van der Waals surface area contributed by atoms with E-state index in [2.05, 4.69) is 5.32 Å². The van der Waals surface area contributed by atoms with Crippen molar-refractivity contribution < 1.29 is 23.9 Å². The van der Waals surface area contributed by atoms with Crippen molar-refractivity contribution in [3.05, 3.63) is 77.9 Å². The number of fused-ring (bicyclic) bond motifs is 1. The van der Waals surface area contributed by atoms with Gasteiger partial charge in [0.15, 0.2) is 19.0 Å². The van der Waals surface area contributed by atoms with Gasteiger partial charge in [0.05, 0.1) is 6.04 Å². The second kappa shape index (κ2) is 10.4. The maximum atomic E-state index is 12.2. The van der Waals surface area contributed by atoms with Gasteiger partial charge in [-0.1, -0.05) is 49.4 Å². The van der Waals surface area contributed by atoms with Crippen LogP contribution in [0.4, 0.5) is 0 Å². The number of rotatable bonds is 9. The molecule has 0 radical (unpaired) electrons. The summed E-state index contributed by atoms with van der Waals surface area (Å²) in [7, 11) is 0. The van der Waals surface area contributed by atoms with Gasteiger partial charge in [0.1, 0.15) is 5.75 Å². The van der Waals surface area contributed by atoms with Crippen LogP contribution in [0.2, 0.25) is 0 Å². The molecule has 0 aliphatic heterocycles. The number of carbonyl (C=O) groups excluding carboxylic acids is 3. The Morgan fingerprint density at radius 1 is 0.903 bits per heavy atom. The molecule has 160 valence electrons. The summed E-state index contributed by atoms with van der Waals surface area (Å²) in [5.41, 5.74) is 1.58. The van der Waals surface area contributed by atoms with Crippen molar-refractivity contribution in [1.82, 2.24) is 5.32 Å². The fraction of sp³-hybridized carbons (Fsp3) is 0.240. The van der Waals surface area contributed by atoms with Gasteiger partial charge in [-0.3, -0.25) is 9.59 Å². The minimum Gasteiger partial charge on any atom is -0.482 e. The lowest BCUT2D eigenvalue weighted by atomic mass is 10.00. The molecule has 1 atom stereocenters. The van der Waals surface area contributed by atoms with Crippen LogP contribution in [0.1, 0.15) is 42.2 Å². The normalized spacial score (nSPS) is 11.5. The van der Waals surface area contributed by atoms with E-state index in [4.69, 9.17) is 9.47 Å². The van der Waals surface area contributed by atoms with Gasteiger partial charge in [-0.2, -0.15) is 0 Å². The van der Waals surface area contributed by atoms with Crippen LogP contribution in [0.3, 0.4) is 0 Å². The van der Waals surface area contributed by atoms with E-state index < -0.39 is 11.9 Å². The molecule has 0 aromatic heterocycles. The number of hydrogen-bond acceptors (Lipinski definition) is 5. The van der Waals surface area contributed by atoms with Crippen molar-refractivity contribution in [2.75, 3.05) is 13.2 Å². The number of Topliss-reactive ketones (excluding diaryl/α,β-unsaturated/α-hetero) is 1. The molecule has 6 heteroatoms. The van der Waals surface area contributed by atoms with E-state index >= 15 is 0 Å². The third-order valence-electron chi connectivity index (χ3n) is 4.89. The van der Waals surface area contributed by atoms with Crippen LogP contribution in [0.15, 0.2) is 66.7 Å². The predicted molar refractivity (Wildman–Crippen MR) is 118 cm³/mol. The van der Waals surface area contributed by atoms with Crippen molar-refractivity contribution in [1.29, 1.82) is 0 Å². The molecule has 3 rings (SSSR count). The fourth-order valence-electron chi connectivity index (χ4n) is 3.26. The van der Waals surface area contributed by atoms with Crippen LogP contribution in [-0.4, -0.2) is 30.9 Å². The molecular formula is C25H25NO5. The molecule has 31 heavy (non-hydrogen) atoms. The minimum absolute atomic E-state index is 0.0368. The Morgan fingerprint density at radius 2 is 1.61 bits per heavy atom. The Hall–Kier alpha value is -3.67. The average molecular weight is 419 g/mol. The summed E-state index contributed by atoms with van der Waals surface area (Å²) in [6.07, 6.45) is 0.424. The number of carbonyl (C=O) groups is 3. The van der Waals surface area contributed by atoms with Crippen LogP contribution >= 0.6 is 0 Å². The van der Waals surface area contributed by atoms with Crippen molar-refractivity contribution >= 4 is 28.4 Å². The molecule has 0 bridgehead atoms. The number of ketones is 1. The second-order valence-corrected chi connectivity index (χ2v) is 7.11. The van der Waals surface area contributed by atoms with Gasteiger partial charge in [-0.25, -0.2) is 4.79 Å². The zero-order valence-corrected chi connectivity index (χ0v) is 17.6. The lowest BCUT2D eigenvalue weighted by Gasteiger charge is -2.16. The van der Waals surface area contributed by atoms with Crippen molar-refractivity contribution in [3.8, 4) is 5.75 Å². The first-order valence-corrected chi connectivity index (χ1v) is 10.2. The molecule has 0 saturated carbocycles. The quantitative estimate of drug-likeness (QED) is 0.415. The lowest BCUT2D eigenvalue weighted by Crippen LogP contribution is -2.32. The summed E-state index contributed by atoms with van der Waals surface area (Å²) < 4.78 is 10.3. The number of ether oxygens (including phenoxy) is 2. The monoisotopic (exact) mass is 419 g/mol. The second-order valence-electron chi connectivity index (χ2n) is 7.11. The van der Waals surface area contributed by atoms with Gasteiger partial charge in [-0.15, -0.1) is 0 Å². The molecule has 0 saturated heterocycles. The van der Waals surface area contributed by atoms with E-state index in [0.717, 1.165) is 16.3 Å². The van der Waals surface area contributed by atoms with E-state index in [1.807, 2.05) is 49.4 Å². The first-order valence-electron chi connectivity index (χ1n) is 10.2. The molecule has 0 heterocycles. The van der Waals surface area contributed by atoms with E-state index in [9.17, 15) is 14.4 Å². The van der Waals surface area contributed by atoms with Gasteiger partial charge in [0, 0.05) is 12.0 Å². The zero-order valence-electron chi connectivity index (χ0n) is 17.6. The molecule has 1 N–H and O–H groups in total. The molecule has 1 unspecified atom stereocenters. The lowest BCUT2D eigenvalue weighted by molar-refractivity contribution is -0.150. The fourth-order valence-corrected chi connectivity index (χ4v) is 3.26. The van der Waals surface area contributed by atoms with Gasteiger partial charge in [0.2, 0.25) is 0 Å². The van der Waals surface area contributed by atoms with Gasteiger partial charge >= 0.3 is 5.97 Å². The Morgan fingerprint density at radius 3 is 2.35 bits per heavy atom. The van der Waals surface area contributed by atoms with E-state index in [1.165, 1.54) is 0 Å². The third-order valence-corrected chi connectivity index (χ3v) is 4.89. The number of esters is 1. The molecule has 0 aliphatic carbocycles. The van der Waals surface area contributed by atoms with E-state index in [1.54, 1.807) is 31.2 Å². The van der Waals surface area contributed by atoms with E-state index in [-0.39, 0.29) is 25.0 Å². The summed E-state index contributed by atoms with van der Waals surface area (Å²) in [6.45, 7) is 2.97. The van der Waals surface area contributed by atoms with Crippen LogP contribution in [0.5, 0.6) is 5.75 Å². The molecule has 0 spiro atoms.